The average molecular weight is 630 g/mol. The van der Waals surface area contributed by atoms with E-state index in [9.17, 15) is 9.59 Å². The molecule has 0 aliphatic carbocycles. The highest BCUT2D eigenvalue weighted by Gasteiger charge is 2.53. The van der Waals surface area contributed by atoms with Crippen molar-refractivity contribution in [3.8, 4) is 17.2 Å². The summed E-state index contributed by atoms with van der Waals surface area (Å²) in [5.41, 5.74) is 0.918. The third-order valence-corrected chi connectivity index (χ3v) is 9.02. The number of ether oxygens (including phenoxy) is 3. The molecule has 6 rings (SSSR count). The number of nitrogens with zero attached hydrogens (tertiary/aromatic N) is 2. The van der Waals surface area contributed by atoms with Gasteiger partial charge in [0.25, 0.3) is 5.56 Å². The van der Waals surface area contributed by atoms with E-state index in [-0.39, 0.29) is 17.9 Å². The lowest BCUT2D eigenvalue weighted by atomic mass is 9.79. The molecule has 1 aromatic heterocycles. The maximum Gasteiger partial charge on any atom is 0.270 e. The van der Waals surface area contributed by atoms with Crippen LogP contribution in [-0.4, -0.2) is 23.2 Å². The zero-order chi connectivity index (χ0) is 29.1. The highest BCUT2D eigenvalue weighted by molar-refractivity contribution is 7.07. The van der Waals surface area contributed by atoms with Gasteiger partial charge in [0.1, 0.15) is 29.8 Å². The molecule has 41 heavy (non-hydrogen) atoms. The number of Topliss-reactive ketones (excluding diaryl/α,β-unsaturated/α-hetero) is 1. The Hall–Kier alpha value is -3.30. The number of thiazole rings is 1. The SMILES string of the molecule is COc1ccc(/C=c2/sc3n(c2=O)[C@H]2c4ccccc4O[C@@](C)(N=3)[C@H]2C(C)=O)cc1COc1c(Cl)cc(Cl)cc1Cl. The molecular weight excluding hydrogens is 607 g/mol. The number of methoxy groups -OCH3 is 1. The largest absolute Gasteiger partial charge is 0.496 e. The van der Waals surface area contributed by atoms with E-state index >= 15 is 0 Å². The molecule has 2 aliphatic rings. The van der Waals surface area contributed by atoms with Gasteiger partial charge in [-0.2, -0.15) is 0 Å². The number of aromatic nitrogens is 1. The monoisotopic (exact) mass is 628 g/mol. The van der Waals surface area contributed by atoms with Gasteiger partial charge in [-0.1, -0.05) is 70.4 Å². The van der Waals surface area contributed by atoms with Gasteiger partial charge >= 0.3 is 0 Å². The van der Waals surface area contributed by atoms with Crippen LogP contribution in [-0.2, 0) is 11.4 Å². The summed E-state index contributed by atoms with van der Waals surface area (Å²) in [4.78, 5) is 32.0. The van der Waals surface area contributed by atoms with Gasteiger partial charge in [0, 0.05) is 16.1 Å². The normalized spacial score (nSPS) is 20.9. The van der Waals surface area contributed by atoms with E-state index in [1.807, 2.05) is 36.4 Å². The zero-order valence-corrected chi connectivity index (χ0v) is 25.2. The van der Waals surface area contributed by atoms with Crippen molar-refractivity contribution < 1.29 is 19.0 Å². The summed E-state index contributed by atoms with van der Waals surface area (Å²) in [6.07, 6.45) is 1.79. The number of fused-ring (bicyclic) bond motifs is 6. The van der Waals surface area contributed by atoms with Crippen LogP contribution in [0.5, 0.6) is 17.2 Å². The van der Waals surface area contributed by atoms with Crippen molar-refractivity contribution in [2.45, 2.75) is 32.2 Å². The van der Waals surface area contributed by atoms with E-state index in [0.717, 1.165) is 16.7 Å². The Labute approximate surface area is 254 Å². The molecule has 11 heteroatoms. The molecule has 0 saturated heterocycles. The van der Waals surface area contributed by atoms with Gasteiger partial charge in [0.05, 0.1) is 27.7 Å². The van der Waals surface area contributed by atoms with Crippen LogP contribution in [0.15, 0.2) is 64.4 Å². The first kappa shape index (κ1) is 27.8. The predicted molar refractivity (Wildman–Crippen MR) is 160 cm³/mol. The van der Waals surface area contributed by atoms with Crippen LogP contribution in [0.3, 0.4) is 0 Å². The fourth-order valence-corrected chi connectivity index (χ4v) is 7.55. The maximum absolute atomic E-state index is 13.9. The molecule has 0 amide bonds. The molecule has 0 unspecified atom stereocenters. The second-order valence-corrected chi connectivity index (χ2v) is 12.2. The van der Waals surface area contributed by atoms with Crippen LogP contribution in [0.2, 0.25) is 15.1 Å². The van der Waals surface area contributed by atoms with Gasteiger partial charge in [-0.3, -0.25) is 14.2 Å². The summed E-state index contributed by atoms with van der Waals surface area (Å²) in [6, 6.07) is 15.6. The van der Waals surface area contributed by atoms with Crippen LogP contribution < -0.4 is 29.1 Å². The first-order valence-corrected chi connectivity index (χ1v) is 14.6. The third kappa shape index (κ3) is 4.83. The first-order valence-electron chi connectivity index (χ1n) is 12.6. The van der Waals surface area contributed by atoms with Crippen molar-refractivity contribution in [2.24, 2.45) is 10.9 Å². The van der Waals surface area contributed by atoms with E-state index in [2.05, 4.69) is 0 Å². The molecule has 0 N–H and O–H groups in total. The fraction of sp³-hybridized carbons (Fsp3) is 0.233. The van der Waals surface area contributed by atoms with E-state index in [0.29, 0.717) is 41.7 Å². The lowest BCUT2D eigenvalue weighted by molar-refractivity contribution is -0.132. The minimum absolute atomic E-state index is 0.0919. The van der Waals surface area contributed by atoms with Crippen molar-refractivity contribution in [3.63, 3.8) is 0 Å². The lowest BCUT2D eigenvalue weighted by Gasteiger charge is -2.45. The Bertz CT molecular complexity index is 1880. The summed E-state index contributed by atoms with van der Waals surface area (Å²) in [7, 11) is 1.57. The van der Waals surface area contributed by atoms with Crippen LogP contribution in [0.4, 0.5) is 0 Å². The van der Waals surface area contributed by atoms with Crippen molar-refractivity contribution >= 4 is 58.0 Å². The number of ketones is 1. The topological polar surface area (TPSA) is 79.1 Å². The van der Waals surface area contributed by atoms with E-state index in [1.165, 1.54) is 18.3 Å². The summed E-state index contributed by atoms with van der Waals surface area (Å²) >= 11 is 19.8. The lowest BCUT2D eigenvalue weighted by Crippen LogP contribution is -2.58. The van der Waals surface area contributed by atoms with Gasteiger partial charge in [-0.25, -0.2) is 4.99 Å². The second-order valence-electron chi connectivity index (χ2n) is 9.97. The molecule has 4 aromatic rings. The van der Waals surface area contributed by atoms with Gasteiger partial charge in [-0.15, -0.1) is 0 Å². The number of hydrogen-bond acceptors (Lipinski definition) is 7. The first-order chi connectivity index (χ1) is 19.6. The van der Waals surface area contributed by atoms with Crippen LogP contribution in [0, 0.1) is 5.92 Å². The summed E-state index contributed by atoms with van der Waals surface area (Å²) < 4.78 is 19.8. The minimum Gasteiger partial charge on any atom is -0.496 e. The molecule has 210 valence electrons. The van der Waals surface area contributed by atoms with Crippen LogP contribution in [0.1, 0.15) is 36.6 Å². The highest BCUT2D eigenvalue weighted by Crippen LogP contribution is 2.47. The van der Waals surface area contributed by atoms with E-state index in [1.54, 1.807) is 42.9 Å². The fourth-order valence-electron chi connectivity index (χ4n) is 5.53. The number of carbonyl (C=O) groups excluding carboxylic acids is 1. The molecule has 3 heterocycles. The number of rotatable bonds is 6. The molecule has 2 aliphatic heterocycles. The van der Waals surface area contributed by atoms with Crippen molar-refractivity contribution in [1.29, 1.82) is 0 Å². The number of carbonyl (C=O) groups is 1. The standard InChI is InChI=1S/C30H23Cl3N2O5S/c1-15(36)25-26-19-6-4-5-7-23(19)40-30(25,2)34-29-35(26)28(37)24(41-29)11-16-8-9-22(38-3)17(10-16)14-39-27-20(32)12-18(31)13-21(27)33/h4-13,25-26H,14H2,1-3H3/b24-11+/t25-,26-,30+/m0/s1. The molecule has 0 saturated carbocycles. The van der Waals surface area contributed by atoms with Crippen molar-refractivity contribution in [2.75, 3.05) is 7.11 Å². The number of hydrogen-bond donors (Lipinski definition) is 0. The Morgan fingerprint density at radius 1 is 1.15 bits per heavy atom. The third-order valence-electron chi connectivity index (χ3n) is 7.26. The van der Waals surface area contributed by atoms with Gasteiger partial charge in [0.2, 0.25) is 5.72 Å². The molecule has 0 fully saturated rings. The molecule has 0 radical (unpaired) electrons. The van der Waals surface area contributed by atoms with Gasteiger partial charge < -0.3 is 14.2 Å². The maximum atomic E-state index is 13.9. The van der Waals surface area contributed by atoms with Crippen molar-refractivity contribution in [1.82, 2.24) is 4.57 Å². The number of halogens is 3. The number of para-hydroxylation sites is 1. The van der Waals surface area contributed by atoms with Crippen LogP contribution >= 0.6 is 46.1 Å². The summed E-state index contributed by atoms with van der Waals surface area (Å²) in [5.74, 6) is 0.797. The van der Waals surface area contributed by atoms with Gasteiger partial charge in [0.15, 0.2) is 10.6 Å². The highest BCUT2D eigenvalue weighted by atomic mass is 35.5. The molecule has 2 bridgehead atoms. The molecule has 3 atom stereocenters. The Morgan fingerprint density at radius 3 is 2.59 bits per heavy atom. The Morgan fingerprint density at radius 2 is 1.88 bits per heavy atom. The van der Waals surface area contributed by atoms with Gasteiger partial charge in [-0.05, 0) is 55.8 Å². The minimum atomic E-state index is -1.12. The van der Waals surface area contributed by atoms with E-state index < -0.39 is 17.7 Å². The van der Waals surface area contributed by atoms with Crippen LogP contribution in [0.25, 0.3) is 6.08 Å². The Kier molecular flexibility index (Phi) is 7.14. The average Bonchev–Trinajstić information content (AvgIpc) is 3.20. The molecule has 3 aromatic carbocycles. The summed E-state index contributed by atoms with van der Waals surface area (Å²) in [5, 5.41) is 0.984. The van der Waals surface area contributed by atoms with E-state index in [4.69, 9.17) is 54.0 Å². The Balaban J connectivity index is 1.42. The predicted octanol–water partition coefficient (Wildman–Crippen LogP) is 5.82. The molecular formula is C30H23Cl3N2O5S. The molecule has 0 spiro atoms. The summed E-state index contributed by atoms with van der Waals surface area (Å²) in [6.45, 7) is 3.42. The molecule has 7 nitrogen and oxygen atoms in total. The number of benzene rings is 3. The zero-order valence-electron chi connectivity index (χ0n) is 22.1. The quantitative estimate of drug-likeness (QED) is 0.269. The van der Waals surface area contributed by atoms with Crippen molar-refractivity contribution in [3.05, 3.63) is 106 Å². The smallest absolute Gasteiger partial charge is 0.270 e. The second kappa shape index (κ2) is 10.5.